The summed E-state index contributed by atoms with van der Waals surface area (Å²) in [5, 5.41) is 0.322. The summed E-state index contributed by atoms with van der Waals surface area (Å²) in [6.07, 6.45) is 6.51. The van der Waals surface area contributed by atoms with Crippen LogP contribution in [0.3, 0.4) is 0 Å². The van der Waals surface area contributed by atoms with Crippen LogP contribution >= 0.6 is 11.6 Å². The van der Waals surface area contributed by atoms with Crippen molar-refractivity contribution in [2.24, 2.45) is 0 Å². The molecule has 0 aliphatic heterocycles. The summed E-state index contributed by atoms with van der Waals surface area (Å²) < 4.78 is 5.25. The molecule has 0 amide bonds. The number of nitrogens with zero attached hydrogens (tertiary/aromatic N) is 4. The second-order valence-electron chi connectivity index (χ2n) is 3.46. The average Bonchev–Trinajstić information content (AvgIpc) is 2.87. The molecular weight excluding hydrogens is 252 g/mol. The third-order valence-corrected chi connectivity index (χ3v) is 2.48. The Morgan fingerprint density at radius 2 is 1.61 bits per heavy atom. The van der Waals surface area contributed by atoms with Gasteiger partial charge in [0.05, 0.1) is 12.4 Å². The number of hydrogen-bond donors (Lipinski definition) is 0. The smallest absolute Gasteiger partial charge is 0.194 e. The van der Waals surface area contributed by atoms with Crippen LogP contribution in [0.1, 0.15) is 0 Å². The van der Waals surface area contributed by atoms with Gasteiger partial charge in [-0.2, -0.15) is 0 Å². The zero-order valence-corrected chi connectivity index (χ0v) is 9.87. The summed E-state index contributed by atoms with van der Waals surface area (Å²) in [7, 11) is 0. The zero-order chi connectivity index (χ0) is 12.4. The van der Waals surface area contributed by atoms with E-state index in [0.717, 1.165) is 0 Å². The highest BCUT2D eigenvalue weighted by atomic mass is 35.5. The van der Waals surface area contributed by atoms with Crippen LogP contribution in [-0.4, -0.2) is 19.9 Å². The lowest BCUT2D eigenvalue weighted by Gasteiger charge is -1.99. The first kappa shape index (κ1) is 10.9. The monoisotopic (exact) mass is 258 g/mol. The van der Waals surface area contributed by atoms with Gasteiger partial charge in [-0.15, -0.1) is 0 Å². The summed E-state index contributed by atoms with van der Waals surface area (Å²) >= 11 is 5.70. The van der Waals surface area contributed by atoms with Crippen LogP contribution in [-0.2, 0) is 0 Å². The Bertz CT molecular complexity index is 651. The number of aromatic nitrogens is 4. The normalized spacial score (nSPS) is 10.5. The molecule has 6 heteroatoms. The molecule has 18 heavy (non-hydrogen) atoms. The Balaban J connectivity index is 1.94. The van der Waals surface area contributed by atoms with Crippen molar-refractivity contribution in [3.8, 4) is 23.0 Å². The van der Waals surface area contributed by atoms with Crippen molar-refractivity contribution in [2.45, 2.75) is 0 Å². The van der Waals surface area contributed by atoms with Crippen LogP contribution in [0.2, 0.25) is 5.22 Å². The van der Waals surface area contributed by atoms with E-state index in [2.05, 4.69) is 19.9 Å². The molecule has 0 bridgehead atoms. The molecule has 0 unspecified atom stereocenters. The van der Waals surface area contributed by atoms with E-state index < -0.39 is 0 Å². The molecule has 0 aliphatic carbocycles. The molecule has 88 valence electrons. The van der Waals surface area contributed by atoms with E-state index in [0.29, 0.717) is 28.2 Å². The summed E-state index contributed by atoms with van der Waals surface area (Å²) in [5.74, 6) is 1.11. The van der Waals surface area contributed by atoms with E-state index in [1.807, 2.05) is 0 Å². The van der Waals surface area contributed by atoms with Gasteiger partial charge in [0.15, 0.2) is 16.8 Å². The number of hydrogen-bond acceptors (Lipinski definition) is 5. The fourth-order valence-corrected chi connectivity index (χ4v) is 1.60. The average molecular weight is 259 g/mol. The van der Waals surface area contributed by atoms with Gasteiger partial charge in [-0.25, -0.2) is 19.9 Å². The Morgan fingerprint density at radius 1 is 0.889 bits per heavy atom. The Morgan fingerprint density at radius 3 is 2.22 bits per heavy atom. The molecule has 0 aromatic carbocycles. The molecule has 0 radical (unpaired) electrons. The summed E-state index contributed by atoms with van der Waals surface area (Å²) in [6.45, 7) is 0. The third-order valence-electron chi connectivity index (χ3n) is 2.27. The molecule has 3 aromatic rings. The quantitative estimate of drug-likeness (QED) is 0.707. The van der Waals surface area contributed by atoms with Crippen molar-refractivity contribution in [3.63, 3.8) is 0 Å². The molecule has 0 atom stereocenters. The molecule has 3 rings (SSSR count). The lowest BCUT2D eigenvalue weighted by atomic mass is 10.3. The molecule has 3 heterocycles. The first-order valence-corrected chi connectivity index (χ1v) is 5.56. The van der Waals surface area contributed by atoms with Crippen LogP contribution < -0.4 is 0 Å². The number of furan rings is 1. The van der Waals surface area contributed by atoms with Gasteiger partial charge in [0.2, 0.25) is 0 Å². The van der Waals surface area contributed by atoms with E-state index in [1.165, 1.54) is 0 Å². The Labute approximate surface area is 108 Å². The predicted molar refractivity (Wildman–Crippen MR) is 65.8 cm³/mol. The minimum Gasteiger partial charge on any atom is -0.443 e. The van der Waals surface area contributed by atoms with E-state index in [4.69, 9.17) is 16.0 Å². The van der Waals surface area contributed by atoms with Gasteiger partial charge in [0.25, 0.3) is 0 Å². The van der Waals surface area contributed by atoms with Gasteiger partial charge in [-0.1, -0.05) is 0 Å². The highest BCUT2D eigenvalue weighted by Gasteiger charge is 2.07. The van der Waals surface area contributed by atoms with Crippen LogP contribution in [0.25, 0.3) is 23.0 Å². The number of rotatable bonds is 2. The minimum atomic E-state index is 0.322. The van der Waals surface area contributed by atoms with Gasteiger partial charge in [0.1, 0.15) is 11.4 Å². The van der Waals surface area contributed by atoms with E-state index in [1.54, 1.807) is 43.0 Å². The Hall–Kier alpha value is -2.27. The maximum atomic E-state index is 5.70. The molecule has 0 saturated heterocycles. The van der Waals surface area contributed by atoms with Crippen molar-refractivity contribution in [3.05, 3.63) is 48.2 Å². The molecule has 0 spiro atoms. The highest BCUT2D eigenvalue weighted by Crippen LogP contribution is 2.23. The SMILES string of the molecule is Clc1ccc(-c2cnc(-c3ncccn3)cn2)o1. The van der Waals surface area contributed by atoms with Gasteiger partial charge in [-0.3, -0.25) is 0 Å². The molecule has 0 fully saturated rings. The molecular formula is C12H7ClN4O. The lowest BCUT2D eigenvalue weighted by molar-refractivity contribution is 0.581. The fraction of sp³-hybridized carbons (Fsp3) is 0. The van der Waals surface area contributed by atoms with Crippen LogP contribution in [0.15, 0.2) is 47.4 Å². The molecule has 3 aromatic heterocycles. The zero-order valence-electron chi connectivity index (χ0n) is 9.12. The van der Waals surface area contributed by atoms with Crippen LogP contribution in [0.4, 0.5) is 0 Å². The maximum absolute atomic E-state index is 5.70. The van der Waals surface area contributed by atoms with Gasteiger partial charge >= 0.3 is 0 Å². The molecule has 0 N–H and O–H groups in total. The largest absolute Gasteiger partial charge is 0.443 e. The standard InChI is InChI=1S/C12H7ClN4O/c13-11-3-2-10(18-11)8-6-17-9(7-16-8)12-14-4-1-5-15-12/h1-7H. The summed E-state index contributed by atoms with van der Waals surface area (Å²) in [5.41, 5.74) is 1.22. The van der Waals surface area contributed by atoms with E-state index in [9.17, 15) is 0 Å². The summed E-state index contributed by atoms with van der Waals surface area (Å²) in [4.78, 5) is 16.7. The molecule has 0 aliphatic rings. The van der Waals surface area contributed by atoms with Gasteiger partial charge < -0.3 is 4.42 Å². The van der Waals surface area contributed by atoms with Crippen LogP contribution in [0, 0.1) is 0 Å². The van der Waals surface area contributed by atoms with Crippen molar-refractivity contribution >= 4 is 11.6 Å². The first-order valence-electron chi connectivity index (χ1n) is 5.18. The Kier molecular flexibility index (Phi) is 2.74. The molecule has 0 saturated carbocycles. The molecule has 5 nitrogen and oxygen atoms in total. The summed E-state index contributed by atoms with van der Waals surface area (Å²) in [6, 6.07) is 5.15. The van der Waals surface area contributed by atoms with Crippen molar-refractivity contribution < 1.29 is 4.42 Å². The topological polar surface area (TPSA) is 64.7 Å². The highest BCUT2D eigenvalue weighted by molar-refractivity contribution is 6.28. The fourth-order valence-electron chi connectivity index (χ4n) is 1.45. The van der Waals surface area contributed by atoms with Crippen molar-refractivity contribution in [1.82, 2.24) is 19.9 Å². The lowest BCUT2D eigenvalue weighted by Crippen LogP contribution is -1.92. The van der Waals surface area contributed by atoms with Crippen LogP contribution in [0.5, 0.6) is 0 Å². The predicted octanol–water partition coefficient (Wildman–Crippen LogP) is 2.85. The number of halogens is 1. The van der Waals surface area contributed by atoms with Crippen molar-refractivity contribution in [1.29, 1.82) is 0 Å². The third kappa shape index (κ3) is 2.08. The van der Waals surface area contributed by atoms with Gasteiger partial charge in [-0.05, 0) is 29.8 Å². The minimum absolute atomic E-state index is 0.322. The second-order valence-corrected chi connectivity index (χ2v) is 3.84. The van der Waals surface area contributed by atoms with E-state index in [-0.39, 0.29) is 0 Å². The van der Waals surface area contributed by atoms with Gasteiger partial charge in [0, 0.05) is 12.4 Å². The second kappa shape index (κ2) is 4.54. The maximum Gasteiger partial charge on any atom is 0.194 e. The van der Waals surface area contributed by atoms with E-state index >= 15 is 0 Å². The first-order chi connectivity index (χ1) is 8.83. The van der Waals surface area contributed by atoms with Crippen molar-refractivity contribution in [2.75, 3.05) is 0 Å².